The van der Waals surface area contributed by atoms with E-state index in [4.69, 9.17) is 19.6 Å². The van der Waals surface area contributed by atoms with Crippen LogP contribution in [0.15, 0.2) is 24.3 Å². The lowest BCUT2D eigenvalue weighted by atomic mass is 9.84. The van der Waals surface area contributed by atoms with Gasteiger partial charge in [-0.25, -0.2) is 4.79 Å². The van der Waals surface area contributed by atoms with Crippen molar-refractivity contribution in [3.8, 4) is 11.5 Å². The van der Waals surface area contributed by atoms with E-state index < -0.39 is 11.7 Å². The number of esters is 1. The number of hydrogen-bond donors (Lipinski definition) is 2. The van der Waals surface area contributed by atoms with Gasteiger partial charge in [-0.2, -0.15) is 0 Å². The number of benzene rings is 2. The lowest BCUT2D eigenvalue weighted by Gasteiger charge is -2.29. The van der Waals surface area contributed by atoms with Gasteiger partial charge >= 0.3 is 5.97 Å². The molecule has 1 unspecified atom stereocenters. The maximum atomic E-state index is 13.8. The van der Waals surface area contributed by atoms with Crippen molar-refractivity contribution in [2.45, 2.75) is 65.1 Å². The van der Waals surface area contributed by atoms with Crippen molar-refractivity contribution in [1.82, 2.24) is 10.2 Å². The highest BCUT2D eigenvalue weighted by Gasteiger charge is 2.57. The Bertz CT molecular complexity index is 1450. The molecule has 11 heteroatoms. The van der Waals surface area contributed by atoms with E-state index in [9.17, 15) is 14.4 Å². The van der Waals surface area contributed by atoms with E-state index in [1.54, 1.807) is 31.0 Å². The standard InChI is InChI=1S/C31H38N4O6.BrH/c1-7-39-25-14-19-16-34(27(32)20(19)15-21(25)28(37)33-6)17-24(36)18-12-22(30(3,4)5)26-23(13-18)35-11-9-10-31(35,41-26)29(38)40-8-2;/h12-15,32H,7-11,16-17H2,1-6H3,(H,33,37);1H. The number of ketones is 1. The normalized spacial score (nSPS) is 18.5. The summed E-state index contributed by atoms with van der Waals surface area (Å²) >= 11 is 0. The summed E-state index contributed by atoms with van der Waals surface area (Å²) in [4.78, 5) is 43.0. The van der Waals surface area contributed by atoms with Gasteiger partial charge in [-0.05, 0) is 55.5 Å². The van der Waals surface area contributed by atoms with Gasteiger partial charge in [0, 0.05) is 43.2 Å². The molecule has 3 aliphatic rings. The van der Waals surface area contributed by atoms with Gasteiger partial charge in [-0.3, -0.25) is 15.0 Å². The zero-order valence-corrected chi connectivity index (χ0v) is 26.7. The van der Waals surface area contributed by atoms with E-state index in [0.29, 0.717) is 54.3 Å². The van der Waals surface area contributed by atoms with Gasteiger partial charge in [0.2, 0.25) is 0 Å². The number of amides is 1. The van der Waals surface area contributed by atoms with Crippen LogP contribution in [0.2, 0.25) is 0 Å². The maximum Gasteiger partial charge on any atom is 0.372 e. The third-order valence-corrected chi connectivity index (χ3v) is 7.93. The van der Waals surface area contributed by atoms with Crippen molar-refractivity contribution in [2.24, 2.45) is 0 Å². The van der Waals surface area contributed by atoms with E-state index in [-0.39, 0.29) is 53.1 Å². The third-order valence-electron chi connectivity index (χ3n) is 7.93. The predicted octanol–water partition coefficient (Wildman–Crippen LogP) is 4.60. The minimum absolute atomic E-state index is 0. The highest BCUT2D eigenvalue weighted by molar-refractivity contribution is 8.93. The van der Waals surface area contributed by atoms with E-state index in [2.05, 4.69) is 5.32 Å². The minimum atomic E-state index is -1.21. The second-order valence-corrected chi connectivity index (χ2v) is 11.6. The van der Waals surface area contributed by atoms with Crippen LogP contribution >= 0.6 is 17.0 Å². The molecule has 3 heterocycles. The van der Waals surface area contributed by atoms with Crippen molar-refractivity contribution >= 4 is 46.2 Å². The lowest BCUT2D eigenvalue weighted by molar-refractivity contribution is -0.159. The van der Waals surface area contributed by atoms with Crippen molar-refractivity contribution < 1.29 is 28.6 Å². The second-order valence-electron chi connectivity index (χ2n) is 11.6. The van der Waals surface area contributed by atoms with E-state index in [1.807, 2.05) is 44.7 Å². The van der Waals surface area contributed by atoms with Crippen LogP contribution in [0.4, 0.5) is 5.69 Å². The number of hydrogen-bond acceptors (Lipinski definition) is 8. The van der Waals surface area contributed by atoms with Gasteiger partial charge in [0.15, 0.2) is 11.5 Å². The molecule has 42 heavy (non-hydrogen) atoms. The Morgan fingerprint density at radius 2 is 1.86 bits per heavy atom. The quantitative estimate of drug-likeness (QED) is 0.317. The summed E-state index contributed by atoms with van der Waals surface area (Å²) in [5.74, 6) is 0.397. The first-order chi connectivity index (χ1) is 19.4. The molecule has 1 atom stereocenters. The Hall–Kier alpha value is -3.60. The van der Waals surface area contributed by atoms with Crippen molar-refractivity contribution in [3.05, 3.63) is 52.1 Å². The number of nitrogens with zero attached hydrogens (tertiary/aromatic N) is 2. The number of carbonyl (C=O) groups is 3. The van der Waals surface area contributed by atoms with E-state index >= 15 is 0 Å². The Labute approximate surface area is 256 Å². The molecule has 0 saturated carbocycles. The molecule has 0 aliphatic carbocycles. The molecule has 0 radical (unpaired) electrons. The molecule has 1 amide bonds. The van der Waals surface area contributed by atoms with Crippen molar-refractivity contribution in [3.63, 3.8) is 0 Å². The van der Waals surface area contributed by atoms with Crippen molar-refractivity contribution in [1.29, 1.82) is 5.41 Å². The summed E-state index contributed by atoms with van der Waals surface area (Å²) in [6.45, 7) is 11.4. The van der Waals surface area contributed by atoms with Gasteiger partial charge < -0.3 is 29.3 Å². The number of carbonyl (C=O) groups excluding carboxylic acids is 3. The molecule has 0 aromatic heterocycles. The number of ether oxygens (including phenoxy) is 3. The highest BCUT2D eigenvalue weighted by Crippen LogP contribution is 2.52. The van der Waals surface area contributed by atoms with Crippen molar-refractivity contribution in [2.75, 3.05) is 38.3 Å². The van der Waals surface area contributed by atoms with Crippen LogP contribution in [0.1, 0.15) is 84.9 Å². The summed E-state index contributed by atoms with van der Waals surface area (Å²) in [6.07, 6.45) is 1.28. The van der Waals surface area contributed by atoms with Gasteiger partial charge in [0.05, 0.1) is 31.0 Å². The number of amidine groups is 1. The molecule has 1 fully saturated rings. The van der Waals surface area contributed by atoms with Crippen LogP contribution in [-0.2, 0) is 21.5 Å². The second kappa shape index (κ2) is 11.6. The van der Waals surface area contributed by atoms with E-state index in [1.165, 1.54) is 0 Å². The monoisotopic (exact) mass is 642 g/mol. The largest absolute Gasteiger partial charge is 0.493 e. The number of fused-ring (bicyclic) bond motifs is 4. The maximum absolute atomic E-state index is 13.8. The zero-order chi connectivity index (χ0) is 29.7. The van der Waals surface area contributed by atoms with Gasteiger partial charge in [-0.1, -0.05) is 20.8 Å². The molecular formula is C31H39BrN4O6. The number of Topliss-reactive ketones (excluding diaryl/α,β-unsaturated/α-hetero) is 1. The summed E-state index contributed by atoms with van der Waals surface area (Å²) in [5.41, 5.74) is 2.28. The van der Waals surface area contributed by atoms with Crippen LogP contribution in [-0.4, -0.2) is 67.5 Å². The number of nitrogens with one attached hydrogen (secondary N) is 2. The highest BCUT2D eigenvalue weighted by atomic mass is 79.9. The first-order valence-electron chi connectivity index (χ1n) is 14.2. The molecule has 2 N–H and O–H groups in total. The summed E-state index contributed by atoms with van der Waals surface area (Å²) < 4.78 is 17.6. The number of halogens is 1. The summed E-state index contributed by atoms with van der Waals surface area (Å²) in [7, 11) is 1.55. The van der Waals surface area contributed by atoms with Gasteiger partial charge in [0.1, 0.15) is 11.6 Å². The Morgan fingerprint density at radius 1 is 1.12 bits per heavy atom. The first kappa shape index (κ1) is 31.3. The molecular weight excluding hydrogens is 604 g/mol. The molecule has 0 spiro atoms. The predicted molar refractivity (Wildman–Crippen MR) is 165 cm³/mol. The number of rotatable bonds is 8. The van der Waals surface area contributed by atoms with Gasteiger partial charge in [-0.15, -0.1) is 17.0 Å². The zero-order valence-electron chi connectivity index (χ0n) is 25.0. The van der Waals surface area contributed by atoms with Crippen LogP contribution in [0.5, 0.6) is 11.5 Å². The number of anilines is 1. The van der Waals surface area contributed by atoms with Crippen LogP contribution in [0.3, 0.4) is 0 Å². The fraction of sp³-hybridized carbons (Fsp3) is 0.484. The average Bonchev–Trinajstić information content (AvgIpc) is 3.58. The third kappa shape index (κ3) is 5.12. The van der Waals surface area contributed by atoms with Crippen LogP contribution in [0.25, 0.3) is 0 Å². The Balaban J connectivity index is 0.00000405. The first-order valence-corrected chi connectivity index (χ1v) is 14.2. The van der Waals surface area contributed by atoms with Crippen LogP contribution in [0, 0.1) is 5.41 Å². The minimum Gasteiger partial charge on any atom is -0.493 e. The average molecular weight is 644 g/mol. The molecule has 226 valence electrons. The topological polar surface area (TPSA) is 121 Å². The summed E-state index contributed by atoms with van der Waals surface area (Å²) in [6, 6.07) is 7.11. The van der Waals surface area contributed by atoms with Crippen LogP contribution < -0.4 is 19.7 Å². The smallest absolute Gasteiger partial charge is 0.372 e. The lowest BCUT2D eigenvalue weighted by Crippen LogP contribution is -2.52. The van der Waals surface area contributed by atoms with Gasteiger partial charge in [0.25, 0.3) is 11.6 Å². The molecule has 10 nitrogen and oxygen atoms in total. The Kier molecular flexibility index (Phi) is 8.64. The molecule has 3 aliphatic heterocycles. The summed E-state index contributed by atoms with van der Waals surface area (Å²) in [5, 5.41) is 11.4. The molecule has 0 bridgehead atoms. The fourth-order valence-corrected chi connectivity index (χ4v) is 5.93. The molecule has 1 saturated heterocycles. The fourth-order valence-electron chi connectivity index (χ4n) is 5.93. The molecule has 2 aromatic carbocycles. The van der Waals surface area contributed by atoms with E-state index in [0.717, 1.165) is 23.2 Å². The Morgan fingerprint density at radius 3 is 2.50 bits per heavy atom. The SMILES string of the molecule is Br.CCOC(=O)C12CCCN1c1cc(C(=O)CN3Cc4cc(OCC)c(C(=O)NC)cc4C3=N)cc(C(C)(C)C)c1O2. The molecule has 2 aromatic rings. The molecule has 5 rings (SSSR count).